The van der Waals surface area contributed by atoms with E-state index in [1.807, 2.05) is 49.4 Å². The Hall–Kier alpha value is -3.95. The molecule has 4 aromatic rings. The summed E-state index contributed by atoms with van der Waals surface area (Å²) in [6.45, 7) is 1.72. The van der Waals surface area contributed by atoms with Crippen LogP contribution in [0.4, 0.5) is 8.78 Å². The third-order valence-electron chi connectivity index (χ3n) is 5.49. The van der Waals surface area contributed by atoms with Gasteiger partial charge in [-0.1, -0.05) is 35.5 Å². The van der Waals surface area contributed by atoms with E-state index in [1.165, 1.54) is 0 Å². The number of carboxylic acid groups (broad SMARTS) is 1. The monoisotopic (exact) mass is 479 g/mol. The van der Waals surface area contributed by atoms with Crippen molar-refractivity contribution in [2.75, 3.05) is 13.7 Å². The maximum absolute atomic E-state index is 14.5. The lowest BCUT2D eigenvalue weighted by atomic mass is 9.94. The molecule has 0 bridgehead atoms. The Morgan fingerprint density at radius 2 is 1.80 bits per heavy atom. The standard InChI is InChI=1S/C26H23F2N3O4/c1-15-5-3-4-6-19(15)20-8-7-16(9-18(20)14-34-2)26-30-25(31-35-26)17-10-22(27)21(23(28)11-17)12-29-13-24(32)33/h3-11,29H,12-14H2,1-2H3,(H,32,33). The zero-order valence-electron chi connectivity index (χ0n) is 19.1. The molecular weight excluding hydrogens is 456 g/mol. The van der Waals surface area contributed by atoms with Crippen molar-refractivity contribution in [2.45, 2.75) is 20.1 Å². The van der Waals surface area contributed by atoms with Crippen molar-refractivity contribution in [3.8, 4) is 34.0 Å². The number of methoxy groups -OCH3 is 1. The van der Waals surface area contributed by atoms with Crippen molar-refractivity contribution in [3.05, 3.63) is 82.9 Å². The number of ether oxygens (including phenoxy) is 1. The molecule has 0 aliphatic rings. The fraction of sp³-hybridized carbons (Fsp3) is 0.192. The summed E-state index contributed by atoms with van der Waals surface area (Å²) in [5.41, 5.74) is 4.63. The van der Waals surface area contributed by atoms with Crippen LogP contribution in [0, 0.1) is 18.6 Å². The molecule has 9 heteroatoms. The van der Waals surface area contributed by atoms with Crippen LogP contribution in [0.5, 0.6) is 0 Å². The number of benzene rings is 3. The molecule has 3 aromatic carbocycles. The largest absolute Gasteiger partial charge is 0.480 e. The van der Waals surface area contributed by atoms with Crippen LogP contribution in [-0.4, -0.2) is 34.9 Å². The Balaban J connectivity index is 1.63. The lowest BCUT2D eigenvalue weighted by Gasteiger charge is -2.12. The summed E-state index contributed by atoms with van der Waals surface area (Å²) in [7, 11) is 1.61. The molecule has 4 rings (SSSR count). The number of hydrogen-bond acceptors (Lipinski definition) is 6. The molecular formula is C26H23F2N3O4. The Morgan fingerprint density at radius 1 is 1.06 bits per heavy atom. The summed E-state index contributed by atoms with van der Waals surface area (Å²) >= 11 is 0. The molecule has 7 nitrogen and oxygen atoms in total. The van der Waals surface area contributed by atoms with E-state index >= 15 is 0 Å². The third-order valence-corrected chi connectivity index (χ3v) is 5.49. The van der Waals surface area contributed by atoms with Gasteiger partial charge >= 0.3 is 5.97 Å². The van der Waals surface area contributed by atoms with Crippen LogP contribution < -0.4 is 5.32 Å². The van der Waals surface area contributed by atoms with Gasteiger partial charge in [-0.3, -0.25) is 4.79 Å². The van der Waals surface area contributed by atoms with E-state index in [9.17, 15) is 13.6 Å². The Morgan fingerprint density at radius 3 is 2.49 bits per heavy atom. The van der Waals surface area contributed by atoms with E-state index in [1.54, 1.807) is 7.11 Å². The highest BCUT2D eigenvalue weighted by Crippen LogP contribution is 2.32. The molecule has 0 amide bonds. The van der Waals surface area contributed by atoms with E-state index < -0.39 is 24.1 Å². The average Bonchev–Trinajstić information content (AvgIpc) is 3.32. The second-order valence-corrected chi connectivity index (χ2v) is 7.96. The first-order valence-corrected chi connectivity index (χ1v) is 10.8. The van der Waals surface area contributed by atoms with Crippen LogP contribution >= 0.6 is 0 Å². The summed E-state index contributed by atoms with van der Waals surface area (Å²) in [6, 6.07) is 15.9. The number of aryl methyl sites for hydroxylation is 1. The second-order valence-electron chi connectivity index (χ2n) is 7.96. The second kappa shape index (κ2) is 10.5. The Kier molecular flexibility index (Phi) is 7.28. The quantitative estimate of drug-likeness (QED) is 0.350. The molecule has 180 valence electrons. The van der Waals surface area contributed by atoms with Gasteiger partial charge in [0.25, 0.3) is 5.89 Å². The Bertz CT molecular complexity index is 1350. The number of carbonyl (C=O) groups is 1. The normalized spacial score (nSPS) is 11.1. The minimum atomic E-state index is -1.12. The van der Waals surface area contributed by atoms with Gasteiger partial charge in [-0.05, 0) is 53.4 Å². The maximum Gasteiger partial charge on any atom is 0.317 e. The first kappa shape index (κ1) is 24.2. The molecule has 0 radical (unpaired) electrons. The molecule has 0 unspecified atom stereocenters. The van der Waals surface area contributed by atoms with Crippen LogP contribution in [0.15, 0.2) is 59.1 Å². The maximum atomic E-state index is 14.5. The summed E-state index contributed by atoms with van der Waals surface area (Å²) in [6.07, 6.45) is 0. The highest BCUT2D eigenvalue weighted by atomic mass is 19.1. The van der Waals surface area contributed by atoms with Crippen LogP contribution in [0.3, 0.4) is 0 Å². The number of aromatic nitrogens is 2. The lowest BCUT2D eigenvalue weighted by Crippen LogP contribution is -2.23. The topological polar surface area (TPSA) is 97.5 Å². The van der Waals surface area contributed by atoms with Crippen molar-refractivity contribution >= 4 is 5.97 Å². The van der Waals surface area contributed by atoms with Gasteiger partial charge in [0.2, 0.25) is 5.82 Å². The predicted octanol–water partition coefficient (Wildman–Crippen LogP) is 4.98. The SMILES string of the molecule is COCc1cc(-c2nc(-c3cc(F)c(CNCC(=O)O)c(F)c3)no2)ccc1-c1ccccc1C. The van der Waals surface area contributed by atoms with Gasteiger partial charge in [0.1, 0.15) is 11.6 Å². The van der Waals surface area contributed by atoms with Gasteiger partial charge in [0.15, 0.2) is 0 Å². The highest BCUT2D eigenvalue weighted by Gasteiger charge is 2.18. The van der Waals surface area contributed by atoms with Crippen LogP contribution in [-0.2, 0) is 22.7 Å². The van der Waals surface area contributed by atoms with E-state index in [0.717, 1.165) is 34.4 Å². The molecule has 1 heterocycles. The average molecular weight is 479 g/mol. The lowest BCUT2D eigenvalue weighted by molar-refractivity contribution is -0.136. The van der Waals surface area contributed by atoms with E-state index in [0.29, 0.717) is 12.2 Å². The highest BCUT2D eigenvalue weighted by molar-refractivity contribution is 5.74. The number of nitrogens with zero attached hydrogens (tertiary/aromatic N) is 2. The molecule has 0 aliphatic heterocycles. The van der Waals surface area contributed by atoms with Gasteiger partial charge in [0, 0.05) is 30.3 Å². The van der Waals surface area contributed by atoms with Gasteiger partial charge in [-0.25, -0.2) is 8.78 Å². The van der Waals surface area contributed by atoms with Gasteiger partial charge in [0.05, 0.1) is 13.2 Å². The molecule has 0 atom stereocenters. The van der Waals surface area contributed by atoms with Crippen molar-refractivity contribution in [3.63, 3.8) is 0 Å². The van der Waals surface area contributed by atoms with Crippen LogP contribution in [0.25, 0.3) is 34.0 Å². The van der Waals surface area contributed by atoms with E-state index in [2.05, 4.69) is 15.5 Å². The molecule has 0 saturated carbocycles. The fourth-order valence-corrected chi connectivity index (χ4v) is 3.79. The molecule has 0 aliphatic carbocycles. The van der Waals surface area contributed by atoms with Crippen molar-refractivity contribution in [2.24, 2.45) is 0 Å². The Labute approximate surface area is 200 Å². The number of halogens is 2. The smallest absolute Gasteiger partial charge is 0.317 e. The fourth-order valence-electron chi connectivity index (χ4n) is 3.79. The third kappa shape index (κ3) is 5.42. The van der Waals surface area contributed by atoms with Crippen LogP contribution in [0.2, 0.25) is 0 Å². The van der Waals surface area contributed by atoms with Crippen LogP contribution in [0.1, 0.15) is 16.7 Å². The summed E-state index contributed by atoms with van der Waals surface area (Å²) in [4.78, 5) is 14.9. The van der Waals surface area contributed by atoms with Crippen molar-refractivity contribution < 1.29 is 27.9 Å². The molecule has 35 heavy (non-hydrogen) atoms. The summed E-state index contributed by atoms with van der Waals surface area (Å²) in [5, 5.41) is 15.0. The molecule has 1 aromatic heterocycles. The van der Waals surface area contributed by atoms with Crippen molar-refractivity contribution in [1.82, 2.24) is 15.5 Å². The zero-order chi connectivity index (χ0) is 24.9. The number of carboxylic acids is 1. The minimum absolute atomic E-state index is 0.0270. The summed E-state index contributed by atoms with van der Waals surface area (Å²) < 4.78 is 39.8. The molecule has 0 fully saturated rings. The van der Waals surface area contributed by atoms with Crippen molar-refractivity contribution in [1.29, 1.82) is 0 Å². The van der Waals surface area contributed by atoms with E-state index in [-0.39, 0.29) is 29.4 Å². The zero-order valence-corrected chi connectivity index (χ0v) is 19.1. The number of rotatable bonds is 9. The predicted molar refractivity (Wildman–Crippen MR) is 125 cm³/mol. The molecule has 0 saturated heterocycles. The van der Waals surface area contributed by atoms with Gasteiger partial charge in [-0.2, -0.15) is 4.98 Å². The number of aliphatic carboxylic acids is 1. The first-order valence-electron chi connectivity index (χ1n) is 10.8. The minimum Gasteiger partial charge on any atom is -0.480 e. The van der Waals surface area contributed by atoms with Gasteiger partial charge < -0.3 is 19.7 Å². The number of hydrogen-bond donors (Lipinski definition) is 2. The van der Waals surface area contributed by atoms with E-state index in [4.69, 9.17) is 14.4 Å². The summed E-state index contributed by atoms with van der Waals surface area (Å²) in [5.74, 6) is -2.58. The first-order chi connectivity index (χ1) is 16.9. The number of nitrogens with one attached hydrogen (secondary N) is 1. The molecule has 2 N–H and O–H groups in total. The van der Waals surface area contributed by atoms with Gasteiger partial charge in [-0.15, -0.1) is 0 Å². The molecule has 0 spiro atoms.